The molecule has 0 saturated carbocycles. The molecule has 1 aromatic heterocycles. The zero-order chi connectivity index (χ0) is 17.2. The molecule has 1 aliphatic heterocycles. The highest BCUT2D eigenvalue weighted by Gasteiger charge is 2.18. The molecule has 0 fully saturated rings. The summed E-state index contributed by atoms with van der Waals surface area (Å²) in [6, 6.07) is 13.5. The number of benzene rings is 2. The molecular weight excluding hydrogens is 318 g/mol. The molecule has 0 unspecified atom stereocenters. The van der Waals surface area contributed by atoms with Crippen molar-refractivity contribution in [2.24, 2.45) is 0 Å². The highest BCUT2D eigenvalue weighted by atomic mass is 16.4. The number of nitrogens with zero attached hydrogens (tertiary/aromatic N) is 1. The lowest BCUT2D eigenvalue weighted by Crippen LogP contribution is -2.38. The molecule has 0 bridgehead atoms. The second-order valence-electron chi connectivity index (χ2n) is 6.24. The minimum atomic E-state index is -0.528. The van der Waals surface area contributed by atoms with Crippen LogP contribution in [0.15, 0.2) is 51.7 Å². The number of anilines is 1. The van der Waals surface area contributed by atoms with Crippen molar-refractivity contribution in [3.8, 4) is 0 Å². The molecular formula is C19H19N3O3. The van der Waals surface area contributed by atoms with Crippen molar-refractivity contribution >= 4 is 22.8 Å². The molecule has 128 valence electrons. The van der Waals surface area contributed by atoms with Crippen molar-refractivity contribution in [3.05, 3.63) is 64.1 Å². The van der Waals surface area contributed by atoms with E-state index < -0.39 is 5.76 Å². The van der Waals surface area contributed by atoms with Crippen LogP contribution < -0.4 is 11.1 Å². The zero-order valence-electron chi connectivity index (χ0n) is 13.7. The van der Waals surface area contributed by atoms with E-state index in [9.17, 15) is 9.59 Å². The quantitative estimate of drug-likeness (QED) is 0.716. The first-order valence-electron chi connectivity index (χ1n) is 8.45. The summed E-state index contributed by atoms with van der Waals surface area (Å²) in [7, 11) is 0. The third kappa shape index (κ3) is 3.15. The van der Waals surface area contributed by atoms with Gasteiger partial charge in [-0.25, -0.2) is 9.59 Å². The summed E-state index contributed by atoms with van der Waals surface area (Å²) in [4.78, 5) is 28.5. The van der Waals surface area contributed by atoms with Crippen LogP contribution in [0.1, 0.15) is 17.5 Å². The third-order valence-corrected chi connectivity index (χ3v) is 4.62. The first-order valence-corrected chi connectivity index (χ1v) is 8.45. The van der Waals surface area contributed by atoms with E-state index in [0.29, 0.717) is 29.9 Å². The molecule has 1 aliphatic rings. The van der Waals surface area contributed by atoms with Gasteiger partial charge in [0.1, 0.15) is 0 Å². The number of fused-ring (bicyclic) bond motifs is 2. The molecule has 6 heteroatoms. The van der Waals surface area contributed by atoms with Crippen molar-refractivity contribution in [2.45, 2.75) is 19.3 Å². The number of rotatable bonds is 1. The van der Waals surface area contributed by atoms with Gasteiger partial charge >= 0.3 is 11.8 Å². The second kappa shape index (κ2) is 6.47. The largest absolute Gasteiger partial charge is 0.417 e. The van der Waals surface area contributed by atoms with Gasteiger partial charge in [-0.3, -0.25) is 4.98 Å². The Hall–Kier alpha value is -3.02. The first kappa shape index (κ1) is 15.5. The number of carbonyl (C=O) groups excluding carboxylic acids is 1. The topological polar surface area (TPSA) is 78.3 Å². The first-order chi connectivity index (χ1) is 12.2. The highest BCUT2D eigenvalue weighted by Crippen LogP contribution is 2.22. The van der Waals surface area contributed by atoms with Gasteiger partial charge in [-0.05, 0) is 42.5 Å². The van der Waals surface area contributed by atoms with Gasteiger partial charge in [0.25, 0.3) is 0 Å². The van der Waals surface area contributed by atoms with Crippen molar-refractivity contribution in [1.29, 1.82) is 0 Å². The van der Waals surface area contributed by atoms with Gasteiger partial charge in [-0.2, -0.15) is 0 Å². The SMILES string of the molecule is O=C(Nc1cccc2[nH]c(=O)oc12)N1CCCc2ccccc2CC1. The Morgan fingerprint density at radius 3 is 2.68 bits per heavy atom. The molecule has 0 aliphatic carbocycles. The number of aryl methyl sites for hydroxylation is 1. The maximum Gasteiger partial charge on any atom is 0.417 e. The predicted octanol–water partition coefficient (Wildman–Crippen LogP) is 3.14. The average molecular weight is 337 g/mol. The summed E-state index contributed by atoms with van der Waals surface area (Å²) in [6.07, 6.45) is 2.74. The number of H-pyrrole nitrogens is 1. The monoisotopic (exact) mass is 337 g/mol. The van der Waals surface area contributed by atoms with E-state index in [1.807, 2.05) is 11.0 Å². The minimum absolute atomic E-state index is 0.171. The van der Waals surface area contributed by atoms with Gasteiger partial charge in [0.05, 0.1) is 11.2 Å². The third-order valence-electron chi connectivity index (χ3n) is 4.62. The van der Waals surface area contributed by atoms with Crippen LogP contribution in [0.3, 0.4) is 0 Å². The number of nitrogens with one attached hydrogen (secondary N) is 2. The molecule has 4 rings (SSSR count). The van der Waals surface area contributed by atoms with Crippen molar-refractivity contribution in [3.63, 3.8) is 0 Å². The number of amides is 2. The van der Waals surface area contributed by atoms with Crippen LogP contribution in [0, 0.1) is 0 Å². The van der Waals surface area contributed by atoms with Gasteiger partial charge < -0.3 is 14.6 Å². The number of aromatic nitrogens is 1. The van der Waals surface area contributed by atoms with Crippen molar-refractivity contribution in [1.82, 2.24) is 9.88 Å². The predicted molar refractivity (Wildman–Crippen MR) is 95.9 cm³/mol. The number of para-hydroxylation sites is 1. The van der Waals surface area contributed by atoms with Gasteiger partial charge in [-0.15, -0.1) is 0 Å². The fraction of sp³-hybridized carbons (Fsp3) is 0.263. The molecule has 3 aromatic rings. The van der Waals surface area contributed by atoms with E-state index in [0.717, 1.165) is 19.3 Å². The molecule has 0 radical (unpaired) electrons. The fourth-order valence-corrected chi connectivity index (χ4v) is 3.34. The van der Waals surface area contributed by atoms with Crippen LogP contribution in [0.2, 0.25) is 0 Å². The molecule has 2 aromatic carbocycles. The minimum Gasteiger partial charge on any atom is -0.406 e. The summed E-state index contributed by atoms with van der Waals surface area (Å²) >= 11 is 0. The van der Waals surface area contributed by atoms with Gasteiger partial charge in [0.2, 0.25) is 0 Å². The molecule has 6 nitrogen and oxygen atoms in total. The van der Waals surface area contributed by atoms with Crippen molar-refractivity contribution < 1.29 is 9.21 Å². The highest BCUT2D eigenvalue weighted by molar-refractivity contribution is 5.97. The van der Waals surface area contributed by atoms with E-state index in [1.54, 1.807) is 18.2 Å². The molecule has 2 heterocycles. The van der Waals surface area contributed by atoms with Crippen LogP contribution in [0.5, 0.6) is 0 Å². The standard InChI is InChI=1S/C19H19N3O3/c23-18(20-15-8-3-9-16-17(15)25-19(24)21-16)22-11-4-7-13-5-1-2-6-14(13)10-12-22/h1-3,5-6,8-9H,4,7,10-12H2,(H,20,23)(H,21,24). The van der Waals surface area contributed by atoms with Crippen LogP contribution in [-0.2, 0) is 12.8 Å². The lowest BCUT2D eigenvalue weighted by molar-refractivity contribution is 0.210. The van der Waals surface area contributed by atoms with E-state index in [4.69, 9.17) is 4.42 Å². The molecule has 0 spiro atoms. The summed E-state index contributed by atoms with van der Waals surface area (Å²) in [6.45, 7) is 1.36. The van der Waals surface area contributed by atoms with E-state index in [-0.39, 0.29) is 6.03 Å². The number of hydrogen-bond acceptors (Lipinski definition) is 3. The van der Waals surface area contributed by atoms with Crippen LogP contribution in [0.4, 0.5) is 10.5 Å². The van der Waals surface area contributed by atoms with Gasteiger partial charge in [0.15, 0.2) is 5.58 Å². The molecule has 2 amide bonds. The molecule has 25 heavy (non-hydrogen) atoms. The maximum atomic E-state index is 12.7. The lowest BCUT2D eigenvalue weighted by atomic mass is 9.98. The molecule has 2 N–H and O–H groups in total. The molecule has 0 atom stereocenters. The number of oxazole rings is 1. The number of hydrogen-bond donors (Lipinski definition) is 2. The Balaban J connectivity index is 1.52. The van der Waals surface area contributed by atoms with Crippen LogP contribution >= 0.6 is 0 Å². The van der Waals surface area contributed by atoms with Crippen molar-refractivity contribution in [2.75, 3.05) is 18.4 Å². The smallest absolute Gasteiger partial charge is 0.406 e. The zero-order valence-corrected chi connectivity index (χ0v) is 13.7. The molecule has 0 saturated heterocycles. The summed E-state index contributed by atoms with van der Waals surface area (Å²) in [5, 5.41) is 2.87. The number of aromatic amines is 1. The average Bonchev–Trinajstić information content (AvgIpc) is 2.97. The maximum absolute atomic E-state index is 12.7. The summed E-state index contributed by atoms with van der Waals surface area (Å²) < 4.78 is 5.13. The van der Waals surface area contributed by atoms with E-state index >= 15 is 0 Å². The van der Waals surface area contributed by atoms with Gasteiger partial charge in [-0.1, -0.05) is 30.3 Å². The Morgan fingerprint density at radius 1 is 1.04 bits per heavy atom. The van der Waals surface area contributed by atoms with E-state index in [1.165, 1.54) is 11.1 Å². The van der Waals surface area contributed by atoms with Gasteiger partial charge in [0, 0.05) is 13.1 Å². The lowest BCUT2D eigenvalue weighted by Gasteiger charge is -2.26. The fourth-order valence-electron chi connectivity index (χ4n) is 3.34. The summed E-state index contributed by atoms with van der Waals surface area (Å²) in [5.74, 6) is -0.528. The number of urea groups is 1. The Morgan fingerprint density at radius 2 is 1.84 bits per heavy atom. The Kier molecular flexibility index (Phi) is 4.01. The number of carbonyl (C=O) groups is 1. The van der Waals surface area contributed by atoms with E-state index in [2.05, 4.69) is 28.5 Å². The Labute approximate surface area is 144 Å². The van der Waals surface area contributed by atoms with Crippen LogP contribution in [0.25, 0.3) is 11.1 Å². The normalized spacial score (nSPS) is 14.6. The summed E-state index contributed by atoms with van der Waals surface area (Å²) in [5.41, 5.74) is 4.13. The Bertz CT molecular complexity index is 973. The second-order valence-corrected chi connectivity index (χ2v) is 6.24. The van der Waals surface area contributed by atoms with Crippen LogP contribution in [-0.4, -0.2) is 29.0 Å².